The van der Waals surface area contributed by atoms with E-state index in [1.807, 2.05) is 5.57 Å². The maximum atomic E-state index is 7.12. The van der Waals surface area contributed by atoms with E-state index < -0.39 is 0 Å². The molecule has 4 rings (SSSR count). The van der Waals surface area contributed by atoms with Crippen molar-refractivity contribution in [1.29, 1.82) is 0 Å². The van der Waals surface area contributed by atoms with E-state index >= 15 is 0 Å². The Morgan fingerprint density at radius 3 is 2.68 bits per heavy atom. The highest BCUT2D eigenvalue weighted by Crippen LogP contribution is 2.54. The Kier molecular flexibility index (Phi) is 3.22. The molecule has 106 valence electrons. The van der Waals surface area contributed by atoms with Gasteiger partial charge in [0.05, 0.1) is 4.87 Å². The molecule has 1 heteroatoms. The summed E-state index contributed by atoms with van der Waals surface area (Å²) in [4.78, 5) is 0.0980. The zero-order valence-electron chi connectivity index (χ0n) is 12.1. The fourth-order valence-corrected chi connectivity index (χ4v) is 6.27. The van der Waals surface area contributed by atoms with Gasteiger partial charge in [-0.2, -0.15) is 0 Å². The van der Waals surface area contributed by atoms with Crippen molar-refractivity contribution in [2.75, 3.05) is 0 Å². The molecule has 0 nitrogen and oxygen atoms in total. The maximum absolute atomic E-state index is 7.12. The Hall–Kier alpha value is 0.0300. The van der Waals surface area contributed by atoms with E-state index in [4.69, 9.17) is 11.6 Å². The predicted octanol–water partition coefficient (Wildman–Crippen LogP) is 5.84. The summed E-state index contributed by atoms with van der Waals surface area (Å²) in [5.74, 6) is 2.92. The standard InChI is InChI=1S/C18H27Cl/c19-18-10-2-4-14(12-18)7-9-17(18)16-8-6-13-3-1-5-15(16)11-13/h13-15H,1-12H2. The number of alkyl halides is 1. The summed E-state index contributed by atoms with van der Waals surface area (Å²) in [7, 11) is 0. The van der Waals surface area contributed by atoms with Crippen molar-refractivity contribution in [2.24, 2.45) is 17.8 Å². The van der Waals surface area contributed by atoms with Crippen LogP contribution in [0, 0.1) is 17.8 Å². The van der Waals surface area contributed by atoms with Gasteiger partial charge in [0.2, 0.25) is 0 Å². The molecule has 0 radical (unpaired) electrons. The molecular formula is C18H27Cl. The highest BCUT2D eigenvalue weighted by molar-refractivity contribution is 6.26. The summed E-state index contributed by atoms with van der Waals surface area (Å²) in [6.07, 6.45) is 17.0. The molecule has 0 aromatic heterocycles. The van der Waals surface area contributed by atoms with Crippen LogP contribution < -0.4 is 0 Å². The highest BCUT2D eigenvalue weighted by atomic mass is 35.5. The first-order chi connectivity index (χ1) is 9.24. The van der Waals surface area contributed by atoms with E-state index in [1.54, 1.807) is 5.57 Å². The molecule has 0 N–H and O–H groups in total. The number of fused-ring (bicyclic) bond motifs is 4. The molecule has 0 spiro atoms. The lowest BCUT2D eigenvalue weighted by Gasteiger charge is -2.47. The predicted molar refractivity (Wildman–Crippen MR) is 81.5 cm³/mol. The lowest BCUT2D eigenvalue weighted by atomic mass is 9.62. The molecule has 0 aromatic carbocycles. The molecule has 4 saturated carbocycles. The van der Waals surface area contributed by atoms with Gasteiger partial charge < -0.3 is 0 Å². The van der Waals surface area contributed by atoms with Crippen LogP contribution in [-0.4, -0.2) is 4.87 Å². The van der Waals surface area contributed by atoms with Crippen LogP contribution in [0.25, 0.3) is 0 Å². The average molecular weight is 279 g/mol. The van der Waals surface area contributed by atoms with Crippen molar-refractivity contribution >= 4 is 11.6 Å². The monoisotopic (exact) mass is 278 g/mol. The zero-order valence-corrected chi connectivity index (χ0v) is 12.9. The smallest absolute Gasteiger partial charge is 0.0660 e. The number of rotatable bonds is 0. The van der Waals surface area contributed by atoms with Crippen LogP contribution in [0.15, 0.2) is 11.1 Å². The van der Waals surface area contributed by atoms with E-state index in [0.717, 1.165) is 17.8 Å². The van der Waals surface area contributed by atoms with Gasteiger partial charge in [-0.3, -0.25) is 0 Å². The van der Waals surface area contributed by atoms with Crippen molar-refractivity contribution in [2.45, 2.75) is 81.9 Å². The molecule has 0 heterocycles. The first-order valence-electron chi connectivity index (χ1n) is 8.66. The summed E-state index contributed by atoms with van der Waals surface area (Å²) in [5, 5.41) is 0. The first-order valence-corrected chi connectivity index (χ1v) is 9.04. The summed E-state index contributed by atoms with van der Waals surface area (Å²) in [6, 6.07) is 0. The zero-order chi connectivity index (χ0) is 12.9. The van der Waals surface area contributed by atoms with E-state index in [2.05, 4.69) is 0 Å². The van der Waals surface area contributed by atoms with Crippen molar-refractivity contribution in [3.8, 4) is 0 Å². The van der Waals surface area contributed by atoms with Crippen molar-refractivity contribution in [1.82, 2.24) is 0 Å². The van der Waals surface area contributed by atoms with Gasteiger partial charge in [0.15, 0.2) is 0 Å². The van der Waals surface area contributed by atoms with Gasteiger partial charge >= 0.3 is 0 Å². The van der Waals surface area contributed by atoms with Gasteiger partial charge in [-0.25, -0.2) is 0 Å². The Morgan fingerprint density at radius 1 is 0.895 bits per heavy atom. The van der Waals surface area contributed by atoms with E-state index in [-0.39, 0.29) is 4.87 Å². The van der Waals surface area contributed by atoms with Crippen molar-refractivity contribution in [3.05, 3.63) is 11.1 Å². The Labute approximate surface area is 123 Å². The second-order valence-electron chi connectivity index (χ2n) is 7.74. The van der Waals surface area contributed by atoms with E-state index in [0.29, 0.717) is 0 Å². The molecule has 4 atom stereocenters. The van der Waals surface area contributed by atoms with Gasteiger partial charge in [-0.1, -0.05) is 31.3 Å². The molecule has 4 aliphatic rings. The SMILES string of the molecule is ClC12CCCC(CCC1=C1CCC3CCCC1C3)C2. The van der Waals surface area contributed by atoms with E-state index in [1.165, 1.54) is 77.0 Å². The van der Waals surface area contributed by atoms with Crippen LogP contribution >= 0.6 is 11.6 Å². The second-order valence-corrected chi connectivity index (χ2v) is 8.46. The van der Waals surface area contributed by atoms with Crippen LogP contribution in [0.4, 0.5) is 0 Å². The molecule has 4 bridgehead atoms. The maximum Gasteiger partial charge on any atom is 0.0660 e. The third-order valence-corrected chi connectivity index (χ3v) is 7.20. The molecule has 0 aliphatic heterocycles. The minimum atomic E-state index is 0.0980. The summed E-state index contributed by atoms with van der Waals surface area (Å²) in [5.41, 5.74) is 3.60. The second kappa shape index (κ2) is 4.79. The Balaban J connectivity index is 1.67. The lowest BCUT2D eigenvalue weighted by Crippen LogP contribution is -2.38. The average Bonchev–Trinajstić information content (AvgIpc) is 2.41. The summed E-state index contributed by atoms with van der Waals surface area (Å²) < 4.78 is 0. The summed E-state index contributed by atoms with van der Waals surface area (Å²) in [6.45, 7) is 0. The van der Waals surface area contributed by atoms with Gasteiger partial charge in [0, 0.05) is 0 Å². The van der Waals surface area contributed by atoms with E-state index in [9.17, 15) is 0 Å². The number of hydrogen-bond donors (Lipinski definition) is 0. The molecule has 0 saturated heterocycles. The minimum Gasteiger partial charge on any atom is -0.114 e. The number of halogens is 1. The third kappa shape index (κ3) is 2.19. The van der Waals surface area contributed by atoms with Gasteiger partial charge in [-0.05, 0) is 74.7 Å². The fraction of sp³-hybridized carbons (Fsp3) is 0.889. The van der Waals surface area contributed by atoms with Crippen LogP contribution in [0.2, 0.25) is 0 Å². The first kappa shape index (κ1) is 12.7. The third-order valence-electron chi connectivity index (χ3n) is 6.63. The minimum absolute atomic E-state index is 0.0980. The van der Waals surface area contributed by atoms with Crippen LogP contribution in [0.1, 0.15) is 77.0 Å². The molecule has 4 aliphatic carbocycles. The normalized spacial score (nSPS) is 50.1. The van der Waals surface area contributed by atoms with Crippen molar-refractivity contribution < 1.29 is 0 Å². The molecule has 0 aromatic rings. The summed E-state index contributed by atoms with van der Waals surface area (Å²) >= 11 is 7.12. The largest absolute Gasteiger partial charge is 0.114 e. The molecular weight excluding hydrogens is 252 g/mol. The lowest BCUT2D eigenvalue weighted by molar-refractivity contribution is 0.222. The van der Waals surface area contributed by atoms with Gasteiger partial charge in [0.25, 0.3) is 0 Å². The van der Waals surface area contributed by atoms with Crippen LogP contribution in [0.5, 0.6) is 0 Å². The van der Waals surface area contributed by atoms with Gasteiger partial charge in [0.1, 0.15) is 0 Å². The number of allylic oxidation sites excluding steroid dienone is 2. The van der Waals surface area contributed by atoms with Crippen molar-refractivity contribution in [3.63, 3.8) is 0 Å². The van der Waals surface area contributed by atoms with Crippen LogP contribution in [0.3, 0.4) is 0 Å². The topological polar surface area (TPSA) is 0 Å². The molecule has 4 unspecified atom stereocenters. The highest BCUT2D eigenvalue weighted by Gasteiger charge is 2.44. The van der Waals surface area contributed by atoms with Crippen LogP contribution in [-0.2, 0) is 0 Å². The number of hydrogen-bond acceptors (Lipinski definition) is 0. The molecule has 0 amide bonds. The Bertz CT molecular complexity index is 396. The molecule has 19 heavy (non-hydrogen) atoms. The quantitative estimate of drug-likeness (QED) is 0.385. The fourth-order valence-electron chi connectivity index (χ4n) is 5.70. The Morgan fingerprint density at radius 2 is 1.74 bits per heavy atom. The van der Waals surface area contributed by atoms with Gasteiger partial charge in [-0.15, -0.1) is 11.6 Å². The molecule has 4 fully saturated rings.